The van der Waals surface area contributed by atoms with Crippen LogP contribution in [0.25, 0.3) is 0 Å². The van der Waals surface area contributed by atoms with Gasteiger partial charge in [-0.05, 0) is 43.3 Å². The first-order valence-electron chi connectivity index (χ1n) is 7.34. The van der Waals surface area contributed by atoms with Crippen molar-refractivity contribution >= 4 is 17.3 Å². The lowest BCUT2D eigenvalue weighted by atomic mass is 10.2. The van der Waals surface area contributed by atoms with E-state index in [4.69, 9.17) is 9.47 Å². The number of hydrogen-bond acceptors (Lipinski definition) is 4. The van der Waals surface area contributed by atoms with Gasteiger partial charge in [0.25, 0.3) is 0 Å². The zero-order chi connectivity index (χ0) is 16.2. The van der Waals surface area contributed by atoms with Gasteiger partial charge in [0.15, 0.2) is 11.5 Å². The van der Waals surface area contributed by atoms with Gasteiger partial charge < -0.3 is 20.1 Å². The SMILES string of the molecule is C[C@H](Nc1ccc2c(c1)OCCO2)C(=O)Nc1ccc(F)cc1. The van der Waals surface area contributed by atoms with Crippen LogP contribution in [-0.2, 0) is 4.79 Å². The van der Waals surface area contributed by atoms with Crippen LogP contribution in [-0.4, -0.2) is 25.2 Å². The predicted molar refractivity (Wildman–Crippen MR) is 85.5 cm³/mol. The highest BCUT2D eigenvalue weighted by atomic mass is 19.1. The minimum Gasteiger partial charge on any atom is -0.486 e. The van der Waals surface area contributed by atoms with Gasteiger partial charge in [-0.15, -0.1) is 0 Å². The molecule has 23 heavy (non-hydrogen) atoms. The molecule has 0 fully saturated rings. The van der Waals surface area contributed by atoms with Crippen LogP contribution in [0.4, 0.5) is 15.8 Å². The van der Waals surface area contributed by atoms with Gasteiger partial charge in [-0.2, -0.15) is 0 Å². The second-order valence-corrected chi connectivity index (χ2v) is 5.22. The zero-order valence-corrected chi connectivity index (χ0v) is 12.6. The van der Waals surface area contributed by atoms with Crippen molar-refractivity contribution < 1.29 is 18.7 Å². The summed E-state index contributed by atoms with van der Waals surface area (Å²) in [6.45, 7) is 2.79. The van der Waals surface area contributed by atoms with Gasteiger partial charge in [0.05, 0.1) is 0 Å². The number of rotatable bonds is 4. The number of carbonyl (C=O) groups excluding carboxylic acids is 1. The zero-order valence-electron chi connectivity index (χ0n) is 12.6. The van der Waals surface area contributed by atoms with Crippen molar-refractivity contribution in [1.82, 2.24) is 0 Å². The quantitative estimate of drug-likeness (QED) is 0.910. The maximum atomic E-state index is 12.9. The van der Waals surface area contributed by atoms with Crippen LogP contribution in [0.2, 0.25) is 0 Å². The molecule has 1 heterocycles. The highest BCUT2D eigenvalue weighted by Crippen LogP contribution is 2.32. The smallest absolute Gasteiger partial charge is 0.246 e. The summed E-state index contributed by atoms with van der Waals surface area (Å²) in [7, 11) is 0. The maximum absolute atomic E-state index is 12.9. The molecule has 1 aliphatic rings. The van der Waals surface area contributed by atoms with Crippen molar-refractivity contribution in [3.8, 4) is 11.5 Å². The summed E-state index contributed by atoms with van der Waals surface area (Å²) in [6, 6.07) is 10.6. The number of halogens is 1. The lowest BCUT2D eigenvalue weighted by molar-refractivity contribution is -0.116. The van der Waals surface area contributed by atoms with Crippen LogP contribution in [0.1, 0.15) is 6.92 Å². The largest absolute Gasteiger partial charge is 0.486 e. The number of amides is 1. The number of ether oxygens (including phenoxy) is 2. The minimum absolute atomic E-state index is 0.216. The van der Waals surface area contributed by atoms with E-state index in [0.717, 1.165) is 5.69 Å². The van der Waals surface area contributed by atoms with Crippen molar-refractivity contribution in [1.29, 1.82) is 0 Å². The predicted octanol–water partition coefficient (Wildman–Crippen LogP) is 3.04. The van der Waals surface area contributed by atoms with Gasteiger partial charge in [-0.3, -0.25) is 4.79 Å². The van der Waals surface area contributed by atoms with E-state index in [1.165, 1.54) is 24.3 Å². The summed E-state index contributed by atoms with van der Waals surface area (Å²) in [4.78, 5) is 12.2. The maximum Gasteiger partial charge on any atom is 0.246 e. The van der Waals surface area contributed by atoms with Crippen LogP contribution < -0.4 is 20.1 Å². The van der Waals surface area contributed by atoms with Crippen molar-refractivity contribution in [2.24, 2.45) is 0 Å². The van der Waals surface area contributed by atoms with Gasteiger partial charge in [0, 0.05) is 17.4 Å². The van der Waals surface area contributed by atoms with E-state index in [1.54, 1.807) is 19.1 Å². The number of anilines is 2. The Morgan fingerprint density at radius 1 is 1.04 bits per heavy atom. The lowest BCUT2D eigenvalue weighted by Gasteiger charge is -2.20. The molecule has 0 radical (unpaired) electrons. The van der Waals surface area contributed by atoms with E-state index in [-0.39, 0.29) is 11.7 Å². The molecule has 0 saturated heterocycles. The molecule has 1 atom stereocenters. The fourth-order valence-electron chi connectivity index (χ4n) is 2.23. The highest BCUT2D eigenvalue weighted by molar-refractivity contribution is 5.96. The molecule has 1 aliphatic heterocycles. The normalized spacial score (nSPS) is 14.0. The molecule has 2 aromatic carbocycles. The molecule has 0 bridgehead atoms. The topological polar surface area (TPSA) is 59.6 Å². The van der Waals surface area contributed by atoms with E-state index in [9.17, 15) is 9.18 Å². The Balaban J connectivity index is 1.62. The van der Waals surface area contributed by atoms with Crippen LogP contribution in [0.15, 0.2) is 42.5 Å². The molecule has 2 aromatic rings. The summed E-state index contributed by atoms with van der Waals surface area (Å²) in [5.41, 5.74) is 1.31. The Kier molecular flexibility index (Phi) is 4.32. The Hall–Kier alpha value is -2.76. The molecule has 0 spiro atoms. The van der Waals surface area contributed by atoms with Crippen molar-refractivity contribution in [3.63, 3.8) is 0 Å². The van der Waals surface area contributed by atoms with Gasteiger partial charge >= 0.3 is 0 Å². The average Bonchev–Trinajstić information content (AvgIpc) is 2.56. The Bertz CT molecular complexity index is 703. The van der Waals surface area contributed by atoms with Crippen molar-refractivity contribution in [2.45, 2.75) is 13.0 Å². The summed E-state index contributed by atoms with van der Waals surface area (Å²) in [6.07, 6.45) is 0. The van der Waals surface area contributed by atoms with Crippen molar-refractivity contribution in [2.75, 3.05) is 23.8 Å². The van der Waals surface area contributed by atoms with Gasteiger partial charge in [0.2, 0.25) is 5.91 Å². The Morgan fingerprint density at radius 3 is 2.43 bits per heavy atom. The fraction of sp³-hybridized carbons (Fsp3) is 0.235. The van der Waals surface area contributed by atoms with E-state index in [0.29, 0.717) is 30.4 Å². The lowest BCUT2D eigenvalue weighted by Crippen LogP contribution is -2.31. The molecule has 5 nitrogen and oxygen atoms in total. The fourth-order valence-corrected chi connectivity index (χ4v) is 2.23. The van der Waals surface area contributed by atoms with Crippen molar-refractivity contribution in [3.05, 3.63) is 48.3 Å². The third-order valence-electron chi connectivity index (χ3n) is 3.43. The third-order valence-corrected chi connectivity index (χ3v) is 3.43. The monoisotopic (exact) mass is 316 g/mol. The molecule has 0 unspecified atom stereocenters. The summed E-state index contributed by atoms with van der Waals surface area (Å²) in [5.74, 6) is 0.801. The second kappa shape index (κ2) is 6.56. The summed E-state index contributed by atoms with van der Waals surface area (Å²) >= 11 is 0. The minimum atomic E-state index is -0.470. The molecular formula is C17H17FN2O3. The molecule has 120 valence electrons. The van der Waals surface area contributed by atoms with E-state index >= 15 is 0 Å². The van der Waals surface area contributed by atoms with Crippen LogP contribution in [0, 0.1) is 5.82 Å². The first-order chi connectivity index (χ1) is 11.1. The second-order valence-electron chi connectivity index (χ2n) is 5.22. The van der Waals surface area contributed by atoms with Crippen LogP contribution >= 0.6 is 0 Å². The van der Waals surface area contributed by atoms with Gasteiger partial charge in [0.1, 0.15) is 25.1 Å². The van der Waals surface area contributed by atoms with E-state index < -0.39 is 6.04 Å². The molecule has 1 amide bonds. The first-order valence-corrected chi connectivity index (χ1v) is 7.34. The Labute approximate surface area is 133 Å². The number of fused-ring (bicyclic) bond motifs is 1. The number of hydrogen-bond donors (Lipinski definition) is 2. The molecule has 0 saturated carbocycles. The Morgan fingerprint density at radius 2 is 1.70 bits per heavy atom. The first kappa shape index (κ1) is 15.1. The summed E-state index contributed by atoms with van der Waals surface area (Å²) < 4.78 is 23.8. The van der Waals surface area contributed by atoms with E-state index in [1.807, 2.05) is 6.07 Å². The van der Waals surface area contributed by atoms with Gasteiger partial charge in [-0.1, -0.05) is 0 Å². The molecule has 2 N–H and O–H groups in total. The third kappa shape index (κ3) is 3.71. The molecule has 0 aromatic heterocycles. The molecule has 0 aliphatic carbocycles. The molecule has 6 heteroatoms. The van der Waals surface area contributed by atoms with E-state index in [2.05, 4.69) is 10.6 Å². The number of carbonyl (C=O) groups is 1. The standard InChI is InChI=1S/C17H17FN2O3/c1-11(17(21)20-13-4-2-12(18)3-5-13)19-14-6-7-15-16(10-14)23-9-8-22-15/h2-7,10-11,19H,8-9H2,1H3,(H,20,21)/t11-/m0/s1. The molecular weight excluding hydrogens is 299 g/mol. The summed E-state index contributed by atoms with van der Waals surface area (Å²) in [5, 5.41) is 5.83. The number of benzene rings is 2. The van der Waals surface area contributed by atoms with Crippen LogP contribution in [0.5, 0.6) is 11.5 Å². The number of nitrogens with one attached hydrogen (secondary N) is 2. The highest BCUT2D eigenvalue weighted by Gasteiger charge is 2.16. The molecule has 3 rings (SSSR count). The average molecular weight is 316 g/mol. The van der Waals surface area contributed by atoms with Gasteiger partial charge in [-0.25, -0.2) is 4.39 Å². The van der Waals surface area contributed by atoms with Crippen LogP contribution in [0.3, 0.4) is 0 Å².